The van der Waals surface area contributed by atoms with Gasteiger partial charge in [0.05, 0.1) is 18.5 Å². The van der Waals surface area contributed by atoms with E-state index in [0.717, 1.165) is 24.2 Å². The van der Waals surface area contributed by atoms with Crippen LogP contribution in [0, 0.1) is 0 Å². The summed E-state index contributed by atoms with van der Waals surface area (Å²) in [4.78, 5) is 16.8. The Bertz CT molecular complexity index is 1200. The predicted octanol–water partition coefficient (Wildman–Crippen LogP) is 3.17. The van der Waals surface area contributed by atoms with E-state index in [9.17, 15) is 4.79 Å². The van der Waals surface area contributed by atoms with Gasteiger partial charge in [0.15, 0.2) is 17.3 Å². The Morgan fingerprint density at radius 1 is 1.21 bits per heavy atom. The van der Waals surface area contributed by atoms with E-state index in [-0.39, 0.29) is 18.9 Å². The van der Waals surface area contributed by atoms with Crippen LogP contribution in [-0.2, 0) is 17.8 Å². The standard InChI is InChI=1S/C20H17ClN6O2/c21-15-6-2-1-4-13(15)10-17(28)22-11-16-24-25-19-14(5-3-9-27(16)19)20-23-18(26-29-20)12-7-8-12/h1-6,9,12H,7-8,10-11H2,(H,22,28). The fraction of sp³-hybridized carbons (Fsp3) is 0.250. The number of fused-ring (bicyclic) bond motifs is 1. The Balaban J connectivity index is 1.33. The van der Waals surface area contributed by atoms with Crippen molar-refractivity contribution in [2.24, 2.45) is 0 Å². The summed E-state index contributed by atoms with van der Waals surface area (Å²) in [7, 11) is 0. The van der Waals surface area contributed by atoms with Crippen LogP contribution >= 0.6 is 11.6 Å². The number of pyridine rings is 1. The molecule has 0 bridgehead atoms. The first-order chi connectivity index (χ1) is 14.2. The van der Waals surface area contributed by atoms with Gasteiger partial charge in [-0.25, -0.2) is 0 Å². The summed E-state index contributed by atoms with van der Waals surface area (Å²) in [5, 5.41) is 16.0. The quantitative estimate of drug-likeness (QED) is 0.526. The average Bonchev–Trinajstić information content (AvgIpc) is 3.31. The molecule has 29 heavy (non-hydrogen) atoms. The van der Waals surface area contributed by atoms with Crippen molar-refractivity contribution in [2.45, 2.75) is 31.7 Å². The van der Waals surface area contributed by atoms with Gasteiger partial charge in [0.1, 0.15) is 0 Å². The largest absolute Gasteiger partial charge is 0.348 e. The molecule has 1 aliphatic rings. The first-order valence-corrected chi connectivity index (χ1v) is 9.73. The first kappa shape index (κ1) is 17.8. The zero-order valence-electron chi connectivity index (χ0n) is 15.4. The maximum atomic E-state index is 12.3. The molecule has 146 valence electrons. The monoisotopic (exact) mass is 408 g/mol. The number of hydrogen-bond acceptors (Lipinski definition) is 6. The van der Waals surface area contributed by atoms with Crippen molar-refractivity contribution < 1.29 is 9.32 Å². The summed E-state index contributed by atoms with van der Waals surface area (Å²) in [6.45, 7) is 0.241. The molecule has 1 fully saturated rings. The number of carbonyl (C=O) groups excluding carboxylic acids is 1. The smallest absolute Gasteiger partial charge is 0.261 e. The summed E-state index contributed by atoms with van der Waals surface area (Å²) in [5.41, 5.74) is 2.10. The molecule has 0 atom stereocenters. The van der Waals surface area contributed by atoms with Gasteiger partial charge < -0.3 is 9.84 Å². The molecule has 3 aromatic heterocycles. The average molecular weight is 409 g/mol. The molecule has 0 unspecified atom stereocenters. The Morgan fingerprint density at radius 3 is 2.90 bits per heavy atom. The highest BCUT2D eigenvalue weighted by atomic mass is 35.5. The van der Waals surface area contributed by atoms with Crippen LogP contribution in [0.5, 0.6) is 0 Å². The van der Waals surface area contributed by atoms with E-state index >= 15 is 0 Å². The first-order valence-electron chi connectivity index (χ1n) is 9.36. The van der Waals surface area contributed by atoms with Crippen LogP contribution in [0.15, 0.2) is 47.1 Å². The van der Waals surface area contributed by atoms with Crippen LogP contribution in [0.3, 0.4) is 0 Å². The zero-order chi connectivity index (χ0) is 19.8. The summed E-state index contributed by atoms with van der Waals surface area (Å²) in [6, 6.07) is 11.0. The number of nitrogens with zero attached hydrogens (tertiary/aromatic N) is 5. The summed E-state index contributed by atoms with van der Waals surface area (Å²) >= 11 is 6.12. The van der Waals surface area contributed by atoms with Crippen LogP contribution in [0.25, 0.3) is 17.1 Å². The molecule has 0 aliphatic heterocycles. The number of hydrogen-bond donors (Lipinski definition) is 1. The molecule has 0 saturated heterocycles. The Morgan fingerprint density at radius 2 is 2.07 bits per heavy atom. The van der Waals surface area contributed by atoms with Crippen molar-refractivity contribution >= 4 is 23.2 Å². The second-order valence-electron chi connectivity index (χ2n) is 7.01. The lowest BCUT2D eigenvalue weighted by Gasteiger charge is -2.06. The maximum absolute atomic E-state index is 12.3. The van der Waals surface area contributed by atoms with Gasteiger partial charge in [-0.05, 0) is 36.6 Å². The third kappa shape index (κ3) is 3.58. The minimum atomic E-state index is -0.142. The van der Waals surface area contributed by atoms with Gasteiger partial charge in [-0.15, -0.1) is 10.2 Å². The lowest BCUT2D eigenvalue weighted by Crippen LogP contribution is -2.25. The van der Waals surface area contributed by atoms with Crippen LogP contribution in [-0.4, -0.2) is 30.6 Å². The number of amides is 1. The molecular weight excluding hydrogens is 392 g/mol. The molecule has 1 saturated carbocycles. The molecule has 9 heteroatoms. The number of benzene rings is 1. The molecule has 0 spiro atoms. The third-order valence-corrected chi connectivity index (χ3v) is 5.24. The second kappa shape index (κ2) is 7.29. The van der Waals surface area contributed by atoms with E-state index < -0.39 is 0 Å². The van der Waals surface area contributed by atoms with E-state index in [4.69, 9.17) is 16.1 Å². The van der Waals surface area contributed by atoms with Crippen LogP contribution in [0.1, 0.15) is 36.0 Å². The molecular formula is C20H17ClN6O2. The lowest BCUT2D eigenvalue weighted by molar-refractivity contribution is -0.120. The van der Waals surface area contributed by atoms with Crippen molar-refractivity contribution in [1.82, 2.24) is 30.1 Å². The Hall–Kier alpha value is -3.26. The van der Waals surface area contributed by atoms with Gasteiger partial charge in [-0.1, -0.05) is 35.0 Å². The second-order valence-corrected chi connectivity index (χ2v) is 7.42. The van der Waals surface area contributed by atoms with E-state index in [1.54, 1.807) is 6.07 Å². The number of nitrogens with one attached hydrogen (secondary N) is 1. The van der Waals surface area contributed by atoms with Crippen LogP contribution < -0.4 is 5.32 Å². The highest BCUT2D eigenvalue weighted by Gasteiger charge is 2.29. The zero-order valence-corrected chi connectivity index (χ0v) is 16.1. The third-order valence-electron chi connectivity index (χ3n) is 4.87. The van der Waals surface area contributed by atoms with E-state index in [1.165, 1.54) is 0 Å². The van der Waals surface area contributed by atoms with Crippen molar-refractivity contribution in [3.63, 3.8) is 0 Å². The SMILES string of the molecule is O=C(Cc1ccccc1Cl)NCc1nnc2c(-c3nc(C4CC4)no3)cccn12. The van der Waals surface area contributed by atoms with Crippen LogP contribution in [0.2, 0.25) is 5.02 Å². The summed E-state index contributed by atoms with van der Waals surface area (Å²) < 4.78 is 7.23. The molecule has 1 aromatic carbocycles. The molecule has 1 aliphatic carbocycles. The predicted molar refractivity (Wildman–Crippen MR) is 105 cm³/mol. The van der Waals surface area contributed by atoms with E-state index in [2.05, 4.69) is 25.7 Å². The number of aromatic nitrogens is 5. The van der Waals surface area contributed by atoms with Crippen molar-refractivity contribution in [3.05, 3.63) is 64.8 Å². The molecule has 0 radical (unpaired) electrons. The molecule has 8 nitrogen and oxygen atoms in total. The van der Waals surface area contributed by atoms with Gasteiger partial charge in [0.25, 0.3) is 5.89 Å². The molecule has 5 rings (SSSR count). The van der Waals surface area contributed by atoms with Gasteiger partial charge in [-0.2, -0.15) is 4.98 Å². The van der Waals surface area contributed by atoms with Crippen molar-refractivity contribution in [1.29, 1.82) is 0 Å². The van der Waals surface area contributed by atoms with Gasteiger partial charge in [-0.3, -0.25) is 9.20 Å². The molecule has 1 N–H and O–H groups in total. The fourth-order valence-corrected chi connectivity index (χ4v) is 3.36. The van der Waals surface area contributed by atoms with E-state index in [1.807, 2.05) is 40.9 Å². The molecule has 1 amide bonds. The lowest BCUT2D eigenvalue weighted by atomic mass is 10.1. The van der Waals surface area contributed by atoms with Gasteiger partial charge in [0.2, 0.25) is 5.91 Å². The number of carbonyl (C=O) groups is 1. The van der Waals surface area contributed by atoms with Crippen LogP contribution in [0.4, 0.5) is 0 Å². The fourth-order valence-electron chi connectivity index (χ4n) is 3.16. The topological polar surface area (TPSA) is 98.2 Å². The van der Waals surface area contributed by atoms with Crippen molar-refractivity contribution in [2.75, 3.05) is 0 Å². The molecule has 4 aromatic rings. The van der Waals surface area contributed by atoms with Gasteiger partial charge in [0, 0.05) is 17.1 Å². The highest BCUT2D eigenvalue weighted by Crippen LogP contribution is 2.39. The Labute approximate surface area is 170 Å². The number of rotatable bonds is 6. The van der Waals surface area contributed by atoms with Gasteiger partial charge >= 0.3 is 0 Å². The van der Waals surface area contributed by atoms with Crippen molar-refractivity contribution in [3.8, 4) is 11.5 Å². The maximum Gasteiger partial charge on any atom is 0.261 e. The summed E-state index contributed by atoms with van der Waals surface area (Å²) in [6.07, 6.45) is 4.25. The number of halogens is 1. The molecule has 3 heterocycles. The normalized spacial score (nSPS) is 13.7. The summed E-state index contributed by atoms with van der Waals surface area (Å²) in [5.74, 6) is 2.05. The highest BCUT2D eigenvalue weighted by molar-refractivity contribution is 6.31. The minimum absolute atomic E-state index is 0.142. The van der Waals surface area contributed by atoms with E-state index in [0.29, 0.717) is 33.9 Å². The Kier molecular flexibility index (Phi) is 4.48. The minimum Gasteiger partial charge on any atom is -0.348 e.